The number of carbonyl (C=O) groups excluding carboxylic acids is 1. The minimum atomic E-state index is -3.69. The van der Waals surface area contributed by atoms with Gasteiger partial charge >= 0.3 is 0 Å². The molecule has 6 heteroatoms. The van der Waals surface area contributed by atoms with Gasteiger partial charge in [-0.2, -0.15) is 0 Å². The van der Waals surface area contributed by atoms with Crippen molar-refractivity contribution in [2.75, 3.05) is 13.7 Å². The molecule has 0 saturated heterocycles. The predicted octanol–water partition coefficient (Wildman–Crippen LogP) is 3.64. The number of nitrogens with one attached hydrogen (secondary N) is 1. The number of sulfone groups is 1. The van der Waals surface area contributed by atoms with E-state index in [9.17, 15) is 13.2 Å². The molecule has 1 N–H and O–H groups in total. The van der Waals surface area contributed by atoms with Crippen LogP contribution in [0.4, 0.5) is 0 Å². The van der Waals surface area contributed by atoms with E-state index < -0.39 is 15.1 Å². The van der Waals surface area contributed by atoms with Crippen molar-refractivity contribution in [1.29, 1.82) is 0 Å². The van der Waals surface area contributed by atoms with Crippen LogP contribution in [0.3, 0.4) is 0 Å². The topological polar surface area (TPSA) is 72.5 Å². The van der Waals surface area contributed by atoms with Crippen molar-refractivity contribution in [2.45, 2.75) is 10.1 Å². The van der Waals surface area contributed by atoms with Gasteiger partial charge < -0.3 is 10.1 Å². The van der Waals surface area contributed by atoms with E-state index in [0.29, 0.717) is 16.9 Å². The lowest BCUT2D eigenvalue weighted by Gasteiger charge is -2.19. The smallest absolute Gasteiger partial charge is 0.255 e. The molecule has 0 aliphatic rings. The first-order chi connectivity index (χ1) is 13.5. The maximum atomic E-state index is 13.2. The lowest BCUT2D eigenvalue weighted by molar-refractivity contribution is 0.0950. The molecule has 1 amide bonds. The lowest BCUT2D eigenvalue weighted by atomic mass is 10.1. The molecule has 3 aromatic rings. The van der Waals surface area contributed by atoms with Crippen molar-refractivity contribution in [3.05, 3.63) is 96.1 Å². The molecule has 28 heavy (non-hydrogen) atoms. The monoisotopic (exact) mass is 395 g/mol. The first-order valence-electron chi connectivity index (χ1n) is 8.79. The van der Waals surface area contributed by atoms with E-state index >= 15 is 0 Å². The van der Waals surface area contributed by atoms with Crippen LogP contribution >= 0.6 is 0 Å². The van der Waals surface area contributed by atoms with Crippen LogP contribution in [-0.4, -0.2) is 28.0 Å². The van der Waals surface area contributed by atoms with Gasteiger partial charge in [-0.05, 0) is 29.8 Å². The summed E-state index contributed by atoms with van der Waals surface area (Å²) in [6.07, 6.45) is 0. The van der Waals surface area contributed by atoms with Crippen LogP contribution < -0.4 is 10.1 Å². The molecule has 0 spiro atoms. The van der Waals surface area contributed by atoms with Crippen LogP contribution in [0.15, 0.2) is 89.8 Å². The van der Waals surface area contributed by atoms with E-state index in [1.54, 1.807) is 78.9 Å². The summed E-state index contributed by atoms with van der Waals surface area (Å²) < 4.78 is 31.7. The molecule has 5 nitrogen and oxygen atoms in total. The fourth-order valence-electron chi connectivity index (χ4n) is 2.96. The molecule has 0 aromatic heterocycles. The van der Waals surface area contributed by atoms with Crippen LogP contribution in [0.2, 0.25) is 0 Å². The maximum absolute atomic E-state index is 13.2. The third-order valence-electron chi connectivity index (χ3n) is 4.42. The van der Waals surface area contributed by atoms with E-state index in [2.05, 4.69) is 5.32 Å². The van der Waals surface area contributed by atoms with Gasteiger partial charge in [-0.25, -0.2) is 8.42 Å². The van der Waals surface area contributed by atoms with E-state index in [4.69, 9.17) is 4.74 Å². The van der Waals surface area contributed by atoms with Crippen LogP contribution in [0.1, 0.15) is 21.2 Å². The van der Waals surface area contributed by atoms with E-state index in [-0.39, 0.29) is 17.3 Å². The first-order valence-corrected chi connectivity index (χ1v) is 10.3. The number of hydrogen-bond donors (Lipinski definition) is 1. The summed E-state index contributed by atoms with van der Waals surface area (Å²) >= 11 is 0. The van der Waals surface area contributed by atoms with Crippen molar-refractivity contribution in [2.24, 2.45) is 0 Å². The number of hydrogen-bond acceptors (Lipinski definition) is 4. The Kier molecular flexibility index (Phi) is 6.11. The van der Waals surface area contributed by atoms with Gasteiger partial charge in [0.2, 0.25) is 0 Å². The number of methoxy groups -OCH3 is 1. The Labute approximate surface area is 164 Å². The van der Waals surface area contributed by atoms with E-state index in [1.165, 1.54) is 7.11 Å². The highest BCUT2D eigenvalue weighted by Gasteiger charge is 2.29. The summed E-state index contributed by atoms with van der Waals surface area (Å²) in [6, 6.07) is 24.0. The van der Waals surface area contributed by atoms with Crippen molar-refractivity contribution in [3.63, 3.8) is 0 Å². The normalized spacial score (nSPS) is 12.2. The van der Waals surface area contributed by atoms with Crippen molar-refractivity contribution < 1.29 is 17.9 Å². The Morgan fingerprint density at radius 3 is 2.11 bits per heavy atom. The van der Waals surface area contributed by atoms with E-state index in [0.717, 1.165) is 0 Å². The summed E-state index contributed by atoms with van der Waals surface area (Å²) in [5, 5.41) is 1.84. The number of benzene rings is 3. The van der Waals surface area contributed by atoms with Gasteiger partial charge in [0.15, 0.2) is 9.84 Å². The average Bonchev–Trinajstić information content (AvgIpc) is 2.75. The van der Waals surface area contributed by atoms with Gasteiger partial charge in [-0.15, -0.1) is 0 Å². The van der Waals surface area contributed by atoms with Crippen LogP contribution in [0, 0.1) is 0 Å². The molecule has 0 unspecified atom stereocenters. The molecule has 3 rings (SSSR count). The molecule has 0 saturated carbocycles. The van der Waals surface area contributed by atoms with Gasteiger partial charge in [0.1, 0.15) is 11.0 Å². The zero-order chi connectivity index (χ0) is 20.0. The fourth-order valence-corrected chi connectivity index (χ4v) is 4.64. The zero-order valence-electron chi connectivity index (χ0n) is 15.4. The number of amides is 1. The third-order valence-corrected chi connectivity index (χ3v) is 6.53. The second-order valence-electron chi connectivity index (χ2n) is 6.17. The molecular weight excluding hydrogens is 374 g/mol. The molecule has 0 radical (unpaired) electrons. The average molecular weight is 395 g/mol. The Balaban J connectivity index is 1.90. The highest BCUT2D eigenvalue weighted by Crippen LogP contribution is 2.28. The molecular formula is C22H21NO4S. The summed E-state index contributed by atoms with van der Waals surface area (Å²) in [5.74, 6) is 0.0452. The van der Waals surface area contributed by atoms with E-state index in [1.807, 2.05) is 6.07 Å². The highest BCUT2D eigenvalue weighted by atomic mass is 32.2. The first kappa shape index (κ1) is 19.6. The Bertz CT molecular complexity index is 1030. The summed E-state index contributed by atoms with van der Waals surface area (Å²) in [4.78, 5) is 12.9. The number of para-hydroxylation sites is 1. The summed E-state index contributed by atoms with van der Waals surface area (Å²) in [6.45, 7) is -0.0574. The number of rotatable bonds is 7. The predicted molar refractivity (Wildman–Crippen MR) is 108 cm³/mol. The molecule has 1 atom stereocenters. The standard InChI is InChI=1S/C22H21NO4S/c1-27-20-15-9-8-14-19(20)22(24)23-16-21(17-10-4-2-5-11-17)28(25,26)18-12-6-3-7-13-18/h2-15,21H,16H2,1H3,(H,23,24)/t21-/m1/s1. The minimum absolute atomic E-state index is 0.0574. The van der Waals surface area contributed by atoms with Gasteiger partial charge in [0.25, 0.3) is 5.91 Å². The second kappa shape index (κ2) is 8.71. The van der Waals surface area contributed by atoms with Crippen LogP contribution in [-0.2, 0) is 9.84 Å². The fraction of sp³-hybridized carbons (Fsp3) is 0.136. The SMILES string of the molecule is COc1ccccc1C(=O)NC[C@H](c1ccccc1)S(=O)(=O)c1ccccc1. The molecule has 144 valence electrons. The Hall–Kier alpha value is -3.12. The quantitative estimate of drug-likeness (QED) is 0.663. The molecule has 0 aliphatic carbocycles. The summed E-state index contributed by atoms with van der Waals surface area (Å²) in [7, 11) is -2.21. The van der Waals surface area contributed by atoms with Gasteiger partial charge in [0, 0.05) is 6.54 Å². The van der Waals surface area contributed by atoms with Crippen molar-refractivity contribution in [3.8, 4) is 5.75 Å². The summed E-state index contributed by atoms with van der Waals surface area (Å²) in [5.41, 5.74) is 0.973. The highest BCUT2D eigenvalue weighted by molar-refractivity contribution is 7.91. The zero-order valence-corrected chi connectivity index (χ0v) is 16.2. The van der Waals surface area contributed by atoms with Gasteiger partial charge in [0.05, 0.1) is 17.6 Å². The molecule has 0 fully saturated rings. The second-order valence-corrected chi connectivity index (χ2v) is 8.30. The molecule has 0 heterocycles. The minimum Gasteiger partial charge on any atom is -0.496 e. The number of ether oxygens (including phenoxy) is 1. The number of carbonyl (C=O) groups is 1. The Morgan fingerprint density at radius 2 is 1.46 bits per heavy atom. The van der Waals surface area contributed by atoms with Crippen LogP contribution in [0.25, 0.3) is 0 Å². The molecule has 0 aliphatic heterocycles. The molecule has 3 aromatic carbocycles. The van der Waals surface area contributed by atoms with Gasteiger partial charge in [-0.3, -0.25) is 4.79 Å². The largest absolute Gasteiger partial charge is 0.496 e. The van der Waals surface area contributed by atoms with Crippen molar-refractivity contribution in [1.82, 2.24) is 5.32 Å². The lowest BCUT2D eigenvalue weighted by Crippen LogP contribution is -2.32. The van der Waals surface area contributed by atoms with Crippen molar-refractivity contribution >= 4 is 15.7 Å². The van der Waals surface area contributed by atoms with Crippen LogP contribution in [0.5, 0.6) is 5.75 Å². The third kappa shape index (κ3) is 4.23. The maximum Gasteiger partial charge on any atom is 0.255 e. The Morgan fingerprint density at radius 1 is 0.893 bits per heavy atom. The van der Waals surface area contributed by atoms with Gasteiger partial charge in [-0.1, -0.05) is 60.7 Å². The molecule has 0 bridgehead atoms.